The smallest absolute Gasteiger partial charge is 0.343 e. The van der Waals surface area contributed by atoms with Gasteiger partial charge in [-0.05, 0) is 39.5 Å². The lowest BCUT2D eigenvalue weighted by molar-refractivity contribution is 0.0523. The normalized spacial score (nSPS) is 14.6. The van der Waals surface area contributed by atoms with E-state index in [4.69, 9.17) is 4.74 Å². The van der Waals surface area contributed by atoms with E-state index in [1.54, 1.807) is 13.1 Å². The van der Waals surface area contributed by atoms with Gasteiger partial charge in [-0.1, -0.05) is 6.42 Å². The number of ether oxygens (including phenoxy) is 1. The Labute approximate surface area is 113 Å². The minimum absolute atomic E-state index is 0.125. The van der Waals surface area contributed by atoms with Gasteiger partial charge in [0.25, 0.3) is 0 Å². The van der Waals surface area contributed by atoms with Gasteiger partial charge in [0, 0.05) is 24.0 Å². The van der Waals surface area contributed by atoms with Crippen molar-refractivity contribution >= 4 is 5.97 Å². The van der Waals surface area contributed by atoms with Crippen molar-refractivity contribution in [2.24, 2.45) is 0 Å². The van der Waals surface area contributed by atoms with E-state index < -0.39 is 5.97 Å². The second kappa shape index (κ2) is 6.04. The highest BCUT2D eigenvalue weighted by molar-refractivity contribution is 5.89. The molecule has 0 bridgehead atoms. The Bertz CT molecular complexity index is 531. The standard InChI is InChI=1S/C15H21NO3/c1-3-16-10-12(15(18)19-4-2)14(17)11-8-6-5-7-9-13(11)16/h10H,3-9H2,1-2H3. The van der Waals surface area contributed by atoms with Crippen molar-refractivity contribution in [2.75, 3.05) is 6.61 Å². The van der Waals surface area contributed by atoms with Gasteiger partial charge in [0.2, 0.25) is 0 Å². The summed E-state index contributed by atoms with van der Waals surface area (Å²) in [7, 11) is 0. The predicted octanol–water partition coefficient (Wildman–Crippen LogP) is 2.31. The van der Waals surface area contributed by atoms with E-state index in [2.05, 4.69) is 0 Å². The fraction of sp³-hybridized carbons (Fsp3) is 0.600. The van der Waals surface area contributed by atoms with Gasteiger partial charge in [-0.25, -0.2) is 4.79 Å². The Kier molecular flexibility index (Phi) is 4.40. The molecule has 104 valence electrons. The minimum atomic E-state index is -0.498. The van der Waals surface area contributed by atoms with E-state index in [0.717, 1.165) is 49.9 Å². The first-order valence-corrected chi connectivity index (χ1v) is 7.11. The second-order valence-electron chi connectivity index (χ2n) is 4.86. The molecule has 0 aliphatic heterocycles. The number of esters is 1. The minimum Gasteiger partial charge on any atom is -0.462 e. The Morgan fingerprint density at radius 2 is 2.00 bits per heavy atom. The van der Waals surface area contributed by atoms with Gasteiger partial charge in [-0.2, -0.15) is 0 Å². The molecule has 1 aromatic rings. The second-order valence-corrected chi connectivity index (χ2v) is 4.86. The molecule has 0 aromatic carbocycles. The van der Waals surface area contributed by atoms with Crippen molar-refractivity contribution in [3.63, 3.8) is 0 Å². The quantitative estimate of drug-likeness (QED) is 0.621. The van der Waals surface area contributed by atoms with E-state index in [0.29, 0.717) is 6.61 Å². The van der Waals surface area contributed by atoms with Gasteiger partial charge >= 0.3 is 5.97 Å². The molecule has 4 heteroatoms. The van der Waals surface area contributed by atoms with Crippen LogP contribution in [0.25, 0.3) is 0 Å². The maximum Gasteiger partial charge on any atom is 0.343 e. The van der Waals surface area contributed by atoms with Crippen LogP contribution in [0.5, 0.6) is 0 Å². The van der Waals surface area contributed by atoms with Crippen molar-refractivity contribution in [3.8, 4) is 0 Å². The van der Waals surface area contributed by atoms with Crippen LogP contribution in [0.3, 0.4) is 0 Å². The van der Waals surface area contributed by atoms with E-state index in [1.807, 2.05) is 11.5 Å². The molecule has 0 saturated heterocycles. The number of pyridine rings is 1. The van der Waals surface area contributed by atoms with E-state index >= 15 is 0 Å². The van der Waals surface area contributed by atoms with Crippen LogP contribution < -0.4 is 5.43 Å². The first-order valence-electron chi connectivity index (χ1n) is 7.11. The Hall–Kier alpha value is -1.58. The number of hydrogen-bond acceptors (Lipinski definition) is 3. The van der Waals surface area contributed by atoms with Crippen molar-refractivity contribution in [1.29, 1.82) is 0 Å². The van der Waals surface area contributed by atoms with Crippen molar-refractivity contribution in [3.05, 3.63) is 33.2 Å². The number of nitrogens with zero attached hydrogens (tertiary/aromatic N) is 1. The number of rotatable bonds is 3. The summed E-state index contributed by atoms with van der Waals surface area (Å²) in [4.78, 5) is 24.3. The average molecular weight is 263 g/mol. The van der Waals surface area contributed by atoms with Crippen LogP contribution >= 0.6 is 0 Å². The van der Waals surface area contributed by atoms with Crippen molar-refractivity contribution in [2.45, 2.75) is 52.5 Å². The lowest BCUT2D eigenvalue weighted by Crippen LogP contribution is -2.26. The Morgan fingerprint density at radius 3 is 2.68 bits per heavy atom. The summed E-state index contributed by atoms with van der Waals surface area (Å²) in [5, 5.41) is 0. The molecule has 0 radical (unpaired) electrons. The molecule has 0 spiro atoms. The van der Waals surface area contributed by atoms with Crippen LogP contribution in [-0.2, 0) is 24.1 Å². The van der Waals surface area contributed by atoms with Crippen molar-refractivity contribution < 1.29 is 9.53 Å². The lowest BCUT2D eigenvalue weighted by Gasteiger charge is -2.16. The first-order chi connectivity index (χ1) is 9.19. The molecule has 1 aliphatic carbocycles. The molecule has 0 atom stereocenters. The SMILES string of the molecule is CCOC(=O)c1cn(CC)c2c(c1=O)CCCCC2. The maximum atomic E-state index is 12.4. The summed E-state index contributed by atoms with van der Waals surface area (Å²) in [6, 6.07) is 0. The fourth-order valence-corrected chi connectivity index (χ4v) is 2.72. The number of carbonyl (C=O) groups is 1. The zero-order valence-corrected chi connectivity index (χ0v) is 11.7. The molecule has 0 unspecified atom stereocenters. The maximum absolute atomic E-state index is 12.4. The van der Waals surface area contributed by atoms with E-state index in [-0.39, 0.29) is 11.0 Å². The van der Waals surface area contributed by atoms with Crippen molar-refractivity contribution in [1.82, 2.24) is 4.57 Å². The first kappa shape index (κ1) is 13.8. The summed E-state index contributed by atoms with van der Waals surface area (Å²) in [5.41, 5.74) is 1.99. The number of aromatic nitrogens is 1. The zero-order chi connectivity index (χ0) is 13.8. The number of carbonyl (C=O) groups excluding carboxylic acids is 1. The summed E-state index contributed by atoms with van der Waals surface area (Å²) < 4.78 is 7.01. The molecule has 0 amide bonds. The molecular weight excluding hydrogens is 242 g/mol. The molecule has 0 N–H and O–H groups in total. The van der Waals surface area contributed by atoms with Crippen LogP contribution in [0.1, 0.15) is 54.7 Å². The van der Waals surface area contributed by atoms with Gasteiger partial charge in [-0.3, -0.25) is 4.79 Å². The Morgan fingerprint density at radius 1 is 1.26 bits per heavy atom. The summed E-state index contributed by atoms with van der Waals surface area (Å²) in [6.45, 7) is 4.85. The van der Waals surface area contributed by atoms with Gasteiger partial charge < -0.3 is 9.30 Å². The Balaban J connectivity index is 2.56. The van der Waals surface area contributed by atoms with Crippen LogP contribution in [-0.4, -0.2) is 17.1 Å². The van der Waals surface area contributed by atoms with Crippen LogP contribution in [0.15, 0.2) is 11.0 Å². The average Bonchev–Trinajstić information content (AvgIpc) is 2.65. The van der Waals surface area contributed by atoms with Gasteiger partial charge in [-0.15, -0.1) is 0 Å². The highest BCUT2D eigenvalue weighted by atomic mass is 16.5. The summed E-state index contributed by atoms with van der Waals surface area (Å²) >= 11 is 0. The largest absolute Gasteiger partial charge is 0.462 e. The highest BCUT2D eigenvalue weighted by Gasteiger charge is 2.21. The monoisotopic (exact) mass is 263 g/mol. The molecule has 0 fully saturated rings. The zero-order valence-electron chi connectivity index (χ0n) is 11.7. The van der Waals surface area contributed by atoms with E-state index in [9.17, 15) is 9.59 Å². The molecule has 1 aliphatic rings. The topological polar surface area (TPSA) is 48.3 Å². The third-order valence-corrected chi connectivity index (χ3v) is 3.68. The third-order valence-electron chi connectivity index (χ3n) is 3.68. The molecule has 1 aromatic heterocycles. The number of fused-ring (bicyclic) bond motifs is 1. The molecule has 4 nitrogen and oxygen atoms in total. The molecule has 19 heavy (non-hydrogen) atoms. The summed E-state index contributed by atoms with van der Waals surface area (Å²) in [5.74, 6) is -0.498. The van der Waals surface area contributed by atoms with Crippen LogP contribution in [0.2, 0.25) is 0 Å². The lowest BCUT2D eigenvalue weighted by atomic mass is 10.0. The molecular formula is C15H21NO3. The molecule has 0 saturated carbocycles. The summed E-state index contributed by atoms with van der Waals surface area (Å²) in [6.07, 6.45) is 6.67. The van der Waals surface area contributed by atoms with Gasteiger partial charge in [0.1, 0.15) is 5.56 Å². The highest BCUT2D eigenvalue weighted by Crippen LogP contribution is 2.19. The predicted molar refractivity (Wildman–Crippen MR) is 73.6 cm³/mol. The molecule has 2 rings (SSSR count). The fourth-order valence-electron chi connectivity index (χ4n) is 2.72. The number of aryl methyl sites for hydroxylation is 1. The number of hydrogen-bond donors (Lipinski definition) is 0. The molecule has 1 heterocycles. The van der Waals surface area contributed by atoms with Gasteiger partial charge in [0.05, 0.1) is 6.61 Å². The van der Waals surface area contributed by atoms with Crippen LogP contribution in [0, 0.1) is 0 Å². The van der Waals surface area contributed by atoms with Gasteiger partial charge in [0.15, 0.2) is 5.43 Å². The van der Waals surface area contributed by atoms with Crippen LogP contribution in [0.4, 0.5) is 0 Å². The third kappa shape index (κ3) is 2.72. The van der Waals surface area contributed by atoms with E-state index in [1.165, 1.54) is 0 Å².